The molecule has 0 spiro atoms. The summed E-state index contributed by atoms with van der Waals surface area (Å²) in [6.07, 6.45) is 0.0120. The van der Waals surface area contributed by atoms with Gasteiger partial charge in [0.15, 0.2) is 0 Å². The second-order valence-electron chi connectivity index (χ2n) is 11.0. The molecule has 0 aliphatic carbocycles. The first kappa shape index (κ1) is 37.2. The van der Waals surface area contributed by atoms with Gasteiger partial charge in [-0.15, -0.1) is 0 Å². The third kappa shape index (κ3) is 9.41. The fourth-order valence-corrected chi connectivity index (χ4v) is 5.14. The fourth-order valence-electron chi connectivity index (χ4n) is 5.14. The highest BCUT2D eigenvalue weighted by molar-refractivity contribution is 5.96. The summed E-state index contributed by atoms with van der Waals surface area (Å²) in [5.74, 6) is -2.68. The highest BCUT2D eigenvalue weighted by atomic mass is 16.5. The maximum atomic E-state index is 14.0. The number of benzene rings is 2. The quantitative estimate of drug-likeness (QED) is 0.125. The van der Waals surface area contributed by atoms with Crippen LogP contribution in [0, 0.1) is 11.3 Å². The fraction of sp³-hybridized carbons (Fsp3) is 0.438. The van der Waals surface area contributed by atoms with E-state index < -0.39 is 60.3 Å². The Morgan fingerprint density at radius 1 is 1.04 bits per heavy atom. The molecule has 48 heavy (non-hydrogen) atoms. The van der Waals surface area contributed by atoms with Crippen molar-refractivity contribution in [1.82, 2.24) is 26.2 Å². The molecule has 16 heteroatoms. The minimum Gasteiger partial charge on any atom is -0.492 e. The first-order chi connectivity index (χ1) is 22.9. The lowest BCUT2D eigenvalue weighted by Crippen LogP contribution is -2.56. The molecule has 16 nitrogen and oxygen atoms in total. The standard InChI is InChI=1S/C32H42N8O8/c1-18-29(43)39-24(30(44)36-11-8-33)15-20-4-6-26(47-12-9-34)22(14-20)23-16-21(5-7-27(23)48-13-10-35)28(31(45)37-18)40(3)32(46)25(17-41)38-19(2)42/h4-7,14,16,18,24-25,28,41H,9-13,15,17,34-35H2,1-3H3,(H,36,44)(H,37,45)(H,38,42)(H,39,43)/t18-,24-,25-,28-/m0/s1. The number of nitriles is 1. The van der Waals surface area contributed by atoms with Gasteiger partial charge in [-0.2, -0.15) is 5.26 Å². The smallest absolute Gasteiger partial charge is 0.248 e. The molecule has 1 aliphatic heterocycles. The van der Waals surface area contributed by atoms with Crippen molar-refractivity contribution in [2.24, 2.45) is 11.5 Å². The van der Waals surface area contributed by atoms with Crippen LogP contribution in [0.15, 0.2) is 36.4 Å². The van der Waals surface area contributed by atoms with Crippen LogP contribution >= 0.6 is 0 Å². The van der Waals surface area contributed by atoms with Crippen molar-refractivity contribution in [3.8, 4) is 28.7 Å². The number of likely N-dealkylation sites (N-methyl/N-ethyl adjacent to an activating group) is 1. The van der Waals surface area contributed by atoms with Gasteiger partial charge >= 0.3 is 0 Å². The van der Waals surface area contributed by atoms with E-state index in [0.29, 0.717) is 33.8 Å². The van der Waals surface area contributed by atoms with Crippen molar-refractivity contribution in [2.75, 3.05) is 46.5 Å². The van der Waals surface area contributed by atoms with E-state index in [9.17, 15) is 29.1 Å². The summed E-state index contributed by atoms with van der Waals surface area (Å²) in [4.78, 5) is 66.8. The molecule has 1 heterocycles. The zero-order chi connectivity index (χ0) is 35.4. The zero-order valence-corrected chi connectivity index (χ0v) is 27.1. The Balaban J connectivity index is 2.31. The second-order valence-corrected chi connectivity index (χ2v) is 11.0. The topological polar surface area (TPSA) is 251 Å². The van der Waals surface area contributed by atoms with Crippen molar-refractivity contribution in [2.45, 2.75) is 44.4 Å². The van der Waals surface area contributed by atoms with Crippen LogP contribution in [0.25, 0.3) is 11.1 Å². The second kappa shape index (κ2) is 17.6. The Hall–Kier alpha value is -5.24. The molecule has 4 atom stereocenters. The van der Waals surface area contributed by atoms with E-state index in [1.807, 2.05) is 6.07 Å². The molecule has 3 rings (SSSR count). The minimum absolute atomic E-state index is 0.0120. The SMILES string of the molecule is CC(=O)N[C@@H](CO)C(=O)N(C)[C@@H]1C(=O)N[C@@H](C)C(=O)N[C@H](C(=O)NCC#N)Cc2ccc(OCCN)c(c2)-c2cc1ccc2OCCN. The average molecular weight is 667 g/mol. The summed E-state index contributed by atoms with van der Waals surface area (Å²) < 4.78 is 11.9. The number of aliphatic hydroxyl groups excluding tert-OH is 1. The number of rotatable bonds is 12. The van der Waals surface area contributed by atoms with Crippen LogP contribution in [0.2, 0.25) is 0 Å². The third-order valence-corrected chi connectivity index (χ3v) is 7.41. The van der Waals surface area contributed by atoms with E-state index >= 15 is 0 Å². The minimum atomic E-state index is -1.38. The number of aliphatic hydroxyl groups is 1. The number of nitrogens with one attached hydrogen (secondary N) is 4. The summed E-state index contributed by atoms with van der Waals surface area (Å²) in [7, 11) is 1.33. The lowest BCUT2D eigenvalue weighted by atomic mass is 9.93. The first-order valence-corrected chi connectivity index (χ1v) is 15.3. The summed E-state index contributed by atoms with van der Waals surface area (Å²) in [5.41, 5.74) is 13.3. The molecule has 0 unspecified atom stereocenters. The van der Waals surface area contributed by atoms with Gasteiger partial charge < -0.3 is 52.2 Å². The zero-order valence-electron chi connectivity index (χ0n) is 27.1. The average Bonchev–Trinajstić information content (AvgIpc) is 3.06. The van der Waals surface area contributed by atoms with Gasteiger partial charge in [-0.1, -0.05) is 12.1 Å². The molecular formula is C32H42N8O8. The Kier molecular flexibility index (Phi) is 13.7. The van der Waals surface area contributed by atoms with E-state index in [0.717, 1.165) is 4.90 Å². The number of fused-ring (bicyclic) bond motifs is 5. The van der Waals surface area contributed by atoms with Crippen LogP contribution in [0.3, 0.4) is 0 Å². The van der Waals surface area contributed by atoms with Crippen molar-refractivity contribution >= 4 is 29.5 Å². The molecule has 2 aromatic rings. The van der Waals surface area contributed by atoms with Crippen LogP contribution in [0.1, 0.15) is 31.0 Å². The van der Waals surface area contributed by atoms with Crippen molar-refractivity contribution < 1.29 is 38.6 Å². The highest BCUT2D eigenvalue weighted by Crippen LogP contribution is 2.40. The van der Waals surface area contributed by atoms with Crippen LogP contribution in [0.4, 0.5) is 0 Å². The van der Waals surface area contributed by atoms with Gasteiger partial charge in [-0.3, -0.25) is 24.0 Å². The molecule has 0 saturated carbocycles. The van der Waals surface area contributed by atoms with E-state index in [4.69, 9.17) is 26.2 Å². The lowest BCUT2D eigenvalue weighted by Gasteiger charge is -2.32. The summed E-state index contributed by atoms with van der Waals surface area (Å²) in [6, 6.07) is 6.73. The number of nitrogens with two attached hydrogens (primary N) is 2. The largest absolute Gasteiger partial charge is 0.492 e. The Morgan fingerprint density at radius 3 is 2.25 bits per heavy atom. The van der Waals surface area contributed by atoms with Gasteiger partial charge in [0.1, 0.15) is 55.4 Å². The normalized spacial score (nSPS) is 18.1. The predicted octanol–water partition coefficient (Wildman–Crippen LogP) is -1.79. The molecule has 258 valence electrons. The van der Waals surface area contributed by atoms with E-state index in [-0.39, 0.29) is 39.3 Å². The molecule has 0 saturated heterocycles. The molecule has 9 N–H and O–H groups in total. The van der Waals surface area contributed by atoms with Crippen molar-refractivity contribution in [3.63, 3.8) is 0 Å². The summed E-state index contributed by atoms with van der Waals surface area (Å²) >= 11 is 0. The van der Waals surface area contributed by atoms with Gasteiger partial charge in [0.25, 0.3) is 0 Å². The Labute approximate surface area is 278 Å². The van der Waals surface area contributed by atoms with Crippen molar-refractivity contribution in [1.29, 1.82) is 5.26 Å². The van der Waals surface area contributed by atoms with Gasteiger partial charge in [0.05, 0.1) is 12.7 Å². The van der Waals surface area contributed by atoms with Crippen LogP contribution in [-0.4, -0.2) is 104 Å². The van der Waals surface area contributed by atoms with Crippen LogP contribution in [-0.2, 0) is 30.4 Å². The first-order valence-electron chi connectivity index (χ1n) is 15.3. The van der Waals surface area contributed by atoms with Crippen molar-refractivity contribution in [3.05, 3.63) is 47.5 Å². The Bertz CT molecular complexity index is 1540. The number of hydrogen-bond donors (Lipinski definition) is 7. The monoisotopic (exact) mass is 666 g/mol. The molecule has 2 aromatic carbocycles. The maximum absolute atomic E-state index is 14.0. The van der Waals surface area contributed by atoms with Gasteiger partial charge in [-0.25, -0.2) is 0 Å². The molecule has 4 bridgehead atoms. The van der Waals surface area contributed by atoms with E-state index in [1.54, 1.807) is 36.4 Å². The number of ether oxygens (including phenoxy) is 2. The van der Waals surface area contributed by atoms with Crippen LogP contribution in [0.5, 0.6) is 11.5 Å². The Morgan fingerprint density at radius 2 is 1.67 bits per heavy atom. The summed E-state index contributed by atoms with van der Waals surface area (Å²) in [6.45, 7) is 2.27. The maximum Gasteiger partial charge on any atom is 0.248 e. The number of amides is 5. The highest BCUT2D eigenvalue weighted by Gasteiger charge is 2.35. The molecule has 0 aromatic heterocycles. The number of hydrogen-bond acceptors (Lipinski definition) is 11. The van der Waals surface area contributed by atoms with Gasteiger partial charge in [0.2, 0.25) is 29.5 Å². The van der Waals surface area contributed by atoms with Gasteiger partial charge in [0, 0.05) is 44.6 Å². The third-order valence-electron chi connectivity index (χ3n) is 7.41. The number of nitrogens with zero attached hydrogens (tertiary/aromatic N) is 2. The predicted molar refractivity (Wildman–Crippen MR) is 173 cm³/mol. The molecule has 0 radical (unpaired) electrons. The lowest BCUT2D eigenvalue weighted by molar-refractivity contribution is -0.143. The number of carbonyl (C=O) groups excluding carboxylic acids is 5. The van der Waals surface area contributed by atoms with Gasteiger partial charge in [-0.05, 0) is 42.3 Å². The van der Waals surface area contributed by atoms with E-state index in [1.165, 1.54) is 20.9 Å². The van der Waals surface area contributed by atoms with Crippen LogP contribution < -0.4 is 42.2 Å². The molecular weight excluding hydrogens is 624 g/mol. The number of carbonyl (C=O) groups is 5. The molecule has 0 fully saturated rings. The molecule has 5 amide bonds. The van der Waals surface area contributed by atoms with E-state index in [2.05, 4.69) is 21.3 Å². The summed E-state index contributed by atoms with van der Waals surface area (Å²) in [5, 5.41) is 29.0. The molecule has 1 aliphatic rings.